The minimum Gasteiger partial charge on any atom is -0.465 e. The highest BCUT2D eigenvalue weighted by Gasteiger charge is 2.28. The lowest BCUT2D eigenvalue weighted by Crippen LogP contribution is -2.36. The number of furan rings is 1. The van der Waals surface area contributed by atoms with Crippen LogP contribution in [-0.2, 0) is 21.3 Å². The van der Waals surface area contributed by atoms with Gasteiger partial charge in [0.15, 0.2) is 0 Å². The van der Waals surface area contributed by atoms with Gasteiger partial charge < -0.3 is 14.5 Å². The summed E-state index contributed by atoms with van der Waals surface area (Å²) in [5.41, 5.74) is 0.679. The van der Waals surface area contributed by atoms with E-state index in [4.69, 9.17) is 9.15 Å². The molecule has 0 saturated carbocycles. The average molecular weight is 318 g/mol. The van der Waals surface area contributed by atoms with Crippen LogP contribution in [0.1, 0.15) is 37.9 Å². The minimum atomic E-state index is -3.63. The van der Waals surface area contributed by atoms with Gasteiger partial charge in [-0.05, 0) is 20.8 Å². The molecule has 0 amide bonds. The molecule has 0 aliphatic carbocycles. The van der Waals surface area contributed by atoms with E-state index < -0.39 is 10.0 Å². The summed E-state index contributed by atoms with van der Waals surface area (Å²) in [5.74, 6) is 1.03. The summed E-state index contributed by atoms with van der Waals surface area (Å²) < 4.78 is 38.2. The van der Waals surface area contributed by atoms with Gasteiger partial charge in [-0.25, -0.2) is 13.1 Å². The quantitative estimate of drug-likeness (QED) is 0.762. The van der Waals surface area contributed by atoms with E-state index in [-0.39, 0.29) is 17.0 Å². The number of ether oxygens (including phenoxy) is 1. The van der Waals surface area contributed by atoms with Gasteiger partial charge in [0.2, 0.25) is 10.0 Å². The first-order valence-electron chi connectivity index (χ1n) is 7.02. The number of aryl methyl sites for hydroxylation is 2. The van der Waals surface area contributed by atoms with Crippen LogP contribution in [-0.4, -0.2) is 34.2 Å². The Labute approximate surface area is 127 Å². The zero-order chi connectivity index (χ0) is 16.2. The second-order valence-electron chi connectivity index (χ2n) is 5.54. The van der Waals surface area contributed by atoms with Crippen molar-refractivity contribution in [3.05, 3.63) is 17.1 Å². The summed E-state index contributed by atoms with van der Waals surface area (Å²) in [7, 11) is -2.10. The molecule has 0 aromatic carbocycles. The van der Waals surface area contributed by atoms with Gasteiger partial charge in [0.1, 0.15) is 16.4 Å². The molecule has 1 rings (SSSR count). The molecule has 0 spiro atoms. The third-order valence-corrected chi connectivity index (χ3v) is 4.84. The largest absolute Gasteiger partial charge is 0.465 e. The molecule has 1 unspecified atom stereocenters. The van der Waals surface area contributed by atoms with Gasteiger partial charge in [0.05, 0.1) is 6.61 Å². The molecule has 6 nitrogen and oxygen atoms in total. The lowest BCUT2D eigenvalue weighted by Gasteiger charge is -2.15. The smallest absolute Gasteiger partial charge is 0.244 e. The summed E-state index contributed by atoms with van der Waals surface area (Å²) in [6, 6.07) is -0.0453. The Hall–Kier alpha value is -0.890. The Kier molecular flexibility index (Phi) is 6.40. The summed E-state index contributed by atoms with van der Waals surface area (Å²) in [6.07, 6.45) is 0. The number of hydrogen-bond acceptors (Lipinski definition) is 5. The third kappa shape index (κ3) is 4.81. The lowest BCUT2D eigenvalue weighted by atomic mass is 10.2. The highest BCUT2D eigenvalue weighted by atomic mass is 32.2. The standard InChI is InChI=1S/C14H26N2O4S/c1-9(2)15-7-13-11(4)20-12(5)14(13)21(17,18)16-10(3)8-19-6/h9-10,15-16H,7-8H2,1-6H3. The number of rotatable bonds is 8. The van der Waals surface area contributed by atoms with Crippen LogP contribution in [0.4, 0.5) is 0 Å². The van der Waals surface area contributed by atoms with Crippen molar-refractivity contribution in [3.8, 4) is 0 Å². The summed E-state index contributed by atoms with van der Waals surface area (Å²) in [5, 5.41) is 3.23. The van der Waals surface area contributed by atoms with Crippen molar-refractivity contribution in [2.45, 2.75) is 58.1 Å². The van der Waals surface area contributed by atoms with E-state index in [2.05, 4.69) is 10.0 Å². The van der Waals surface area contributed by atoms with Crippen molar-refractivity contribution in [2.75, 3.05) is 13.7 Å². The Balaban J connectivity index is 3.10. The number of sulfonamides is 1. The number of hydrogen-bond donors (Lipinski definition) is 2. The zero-order valence-electron chi connectivity index (χ0n) is 13.6. The molecule has 0 saturated heterocycles. The Morgan fingerprint density at radius 2 is 1.81 bits per heavy atom. The van der Waals surface area contributed by atoms with E-state index in [0.29, 0.717) is 30.2 Å². The molecule has 2 N–H and O–H groups in total. The summed E-state index contributed by atoms with van der Waals surface area (Å²) >= 11 is 0. The minimum absolute atomic E-state index is 0.233. The second kappa shape index (κ2) is 7.40. The maximum atomic E-state index is 12.6. The van der Waals surface area contributed by atoms with Crippen LogP contribution < -0.4 is 10.0 Å². The molecule has 0 aliphatic rings. The van der Waals surface area contributed by atoms with E-state index in [1.54, 1.807) is 20.8 Å². The van der Waals surface area contributed by atoms with Crippen LogP contribution in [0.2, 0.25) is 0 Å². The molecule has 21 heavy (non-hydrogen) atoms. The SMILES string of the molecule is COCC(C)NS(=O)(=O)c1c(C)oc(C)c1CNC(C)C. The van der Waals surface area contributed by atoms with Crippen LogP contribution in [0.3, 0.4) is 0 Å². The monoisotopic (exact) mass is 318 g/mol. The summed E-state index contributed by atoms with van der Waals surface area (Å²) in [4.78, 5) is 0.233. The fourth-order valence-corrected chi connectivity index (χ4v) is 3.86. The first kappa shape index (κ1) is 18.2. The zero-order valence-corrected chi connectivity index (χ0v) is 14.4. The first-order chi connectivity index (χ1) is 9.69. The van der Waals surface area contributed by atoms with Crippen molar-refractivity contribution in [2.24, 2.45) is 0 Å². The normalized spacial score (nSPS) is 13.9. The first-order valence-corrected chi connectivity index (χ1v) is 8.50. The molecule has 0 radical (unpaired) electrons. The number of methoxy groups -OCH3 is 1. The van der Waals surface area contributed by atoms with Crippen LogP contribution in [0.5, 0.6) is 0 Å². The van der Waals surface area contributed by atoms with Gasteiger partial charge in [0.25, 0.3) is 0 Å². The van der Waals surface area contributed by atoms with Crippen molar-refractivity contribution < 1.29 is 17.6 Å². The molecule has 1 atom stereocenters. The molecule has 0 bridgehead atoms. The molecule has 1 heterocycles. The van der Waals surface area contributed by atoms with Gasteiger partial charge in [-0.2, -0.15) is 0 Å². The predicted octanol–water partition coefficient (Wildman–Crippen LogP) is 1.71. The number of nitrogens with one attached hydrogen (secondary N) is 2. The molecule has 0 aliphatic heterocycles. The Morgan fingerprint density at radius 3 is 2.33 bits per heavy atom. The fourth-order valence-electron chi connectivity index (χ4n) is 2.18. The topological polar surface area (TPSA) is 80.6 Å². The van der Waals surface area contributed by atoms with E-state index in [1.165, 1.54) is 7.11 Å². The fraction of sp³-hybridized carbons (Fsp3) is 0.714. The van der Waals surface area contributed by atoms with E-state index in [0.717, 1.165) is 0 Å². The predicted molar refractivity (Wildman–Crippen MR) is 81.8 cm³/mol. The van der Waals surface area contributed by atoms with Gasteiger partial charge in [-0.3, -0.25) is 0 Å². The van der Waals surface area contributed by atoms with Crippen LogP contribution >= 0.6 is 0 Å². The van der Waals surface area contributed by atoms with Gasteiger partial charge in [-0.15, -0.1) is 0 Å². The van der Waals surface area contributed by atoms with Crippen molar-refractivity contribution >= 4 is 10.0 Å². The molecule has 122 valence electrons. The van der Waals surface area contributed by atoms with E-state index in [1.807, 2.05) is 13.8 Å². The van der Waals surface area contributed by atoms with Gasteiger partial charge in [-0.1, -0.05) is 13.8 Å². The molecule has 7 heteroatoms. The van der Waals surface area contributed by atoms with Crippen LogP contribution in [0.25, 0.3) is 0 Å². The Morgan fingerprint density at radius 1 is 1.19 bits per heavy atom. The van der Waals surface area contributed by atoms with Crippen LogP contribution in [0, 0.1) is 13.8 Å². The van der Waals surface area contributed by atoms with Crippen LogP contribution in [0.15, 0.2) is 9.31 Å². The van der Waals surface area contributed by atoms with Gasteiger partial charge in [0, 0.05) is 31.3 Å². The van der Waals surface area contributed by atoms with E-state index in [9.17, 15) is 8.42 Å². The van der Waals surface area contributed by atoms with Crippen molar-refractivity contribution in [3.63, 3.8) is 0 Å². The Bertz CT molecular complexity index is 564. The highest BCUT2D eigenvalue weighted by molar-refractivity contribution is 7.89. The molecular formula is C14H26N2O4S. The molecular weight excluding hydrogens is 292 g/mol. The van der Waals surface area contributed by atoms with Crippen molar-refractivity contribution in [1.29, 1.82) is 0 Å². The van der Waals surface area contributed by atoms with Gasteiger partial charge >= 0.3 is 0 Å². The maximum absolute atomic E-state index is 12.6. The molecule has 1 aromatic heterocycles. The van der Waals surface area contributed by atoms with E-state index >= 15 is 0 Å². The molecule has 0 fully saturated rings. The van der Waals surface area contributed by atoms with Crippen molar-refractivity contribution in [1.82, 2.24) is 10.0 Å². The summed E-state index contributed by atoms with van der Waals surface area (Å²) in [6.45, 7) is 9.99. The lowest BCUT2D eigenvalue weighted by molar-refractivity contribution is 0.180. The second-order valence-corrected chi connectivity index (χ2v) is 7.19. The highest BCUT2D eigenvalue weighted by Crippen LogP contribution is 2.26. The molecule has 1 aromatic rings. The average Bonchev–Trinajstić information content (AvgIpc) is 2.61. The maximum Gasteiger partial charge on any atom is 0.244 e. The third-order valence-electron chi connectivity index (χ3n) is 3.05.